The first-order chi connectivity index (χ1) is 15.5. The van der Waals surface area contributed by atoms with E-state index < -0.39 is 5.97 Å². The minimum absolute atomic E-state index is 0.207. The van der Waals surface area contributed by atoms with Gasteiger partial charge in [0.15, 0.2) is 0 Å². The fraction of sp³-hybridized carbons (Fsp3) is 0.385. The number of halogens is 1. The van der Waals surface area contributed by atoms with E-state index >= 15 is 0 Å². The SMILES string of the molecule is Cc1c(-c2ccccc2)c(-c2cccc(Cl)c2)nn1CC1CCC(COCC(=O)O)CC1. The van der Waals surface area contributed by atoms with Crippen LogP contribution in [-0.4, -0.2) is 34.1 Å². The highest BCUT2D eigenvalue weighted by Gasteiger charge is 2.24. The fourth-order valence-corrected chi connectivity index (χ4v) is 4.84. The zero-order valence-electron chi connectivity index (χ0n) is 18.3. The molecule has 1 fully saturated rings. The predicted molar refractivity (Wildman–Crippen MR) is 127 cm³/mol. The van der Waals surface area contributed by atoms with Gasteiger partial charge < -0.3 is 9.84 Å². The number of carboxylic acids is 1. The molecule has 4 rings (SSSR count). The summed E-state index contributed by atoms with van der Waals surface area (Å²) in [5, 5.41) is 14.5. The molecular formula is C26H29ClN2O3. The molecule has 3 aromatic rings. The van der Waals surface area contributed by atoms with E-state index in [1.165, 1.54) is 0 Å². The molecule has 168 valence electrons. The van der Waals surface area contributed by atoms with Crippen LogP contribution in [0.15, 0.2) is 54.6 Å². The Kier molecular flexibility index (Phi) is 7.28. The maximum absolute atomic E-state index is 10.6. The van der Waals surface area contributed by atoms with Gasteiger partial charge >= 0.3 is 5.97 Å². The van der Waals surface area contributed by atoms with Gasteiger partial charge in [0.1, 0.15) is 12.3 Å². The van der Waals surface area contributed by atoms with Gasteiger partial charge in [0.05, 0.1) is 6.61 Å². The average molecular weight is 453 g/mol. The Morgan fingerprint density at radius 3 is 2.44 bits per heavy atom. The van der Waals surface area contributed by atoms with Crippen LogP contribution in [-0.2, 0) is 16.1 Å². The molecule has 0 bridgehead atoms. The molecule has 0 unspecified atom stereocenters. The number of nitrogens with zero attached hydrogens (tertiary/aromatic N) is 2. The third-order valence-corrected chi connectivity index (χ3v) is 6.58. The number of aromatic nitrogens is 2. The quantitative estimate of drug-likeness (QED) is 0.449. The molecule has 0 atom stereocenters. The Hall–Kier alpha value is -2.63. The summed E-state index contributed by atoms with van der Waals surface area (Å²) in [4.78, 5) is 10.6. The summed E-state index contributed by atoms with van der Waals surface area (Å²) < 4.78 is 7.46. The molecule has 0 spiro atoms. The standard InChI is InChI=1S/C26H29ClN2O3/c1-18-25(21-6-3-2-4-7-21)26(22-8-5-9-23(27)14-22)28-29(18)15-19-10-12-20(13-11-19)16-32-17-24(30)31/h2-9,14,19-20H,10-13,15-17H2,1H3,(H,30,31). The van der Waals surface area contributed by atoms with E-state index in [1.54, 1.807) is 0 Å². The van der Waals surface area contributed by atoms with Crippen LogP contribution in [0, 0.1) is 18.8 Å². The van der Waals surface area contributed by atoms with Crippen molar-refractivity contribution in [2.24, 2.45) is 11.8 Å². The van der Waals surface area contributed by atoms with Crippen molar-refractivity contribution in [2.45, 2.75) is 39.2 Å². The number of carboxylic acid groups (broad SMARTS) is 1. The van der Waals surface area contributed by atoms with E-state index in [9.17, 15) is 4.79 Å². The van der Waals surface area contributed by atoms with Crippen LogP contribution in [0.1, 0.15) is 31.4 Å². The van der Waals surface area contributed by atoms with Crippen LogP contribution < -0.4 is 0 Å². The lowest BCUT2D eigenvalue weighted by molar-refractivity contribution is -0.142. The molecule has 0 radical (unpaired) electrons. The number of hydrogen-bond donors (Lipinski definition) is 1. The Labute approximate surface area is 194 Å². The summed E-state index contributed by atoms with van der Waals surface area (Å²) in [5.41, 5.74) is 5.47. The van der Waals surface area contributed by atoms with Crippen LogP contribution in [0.3, 0.4) is 0 Å². The summed E-state index contributed by atoms with van der Waals surface area (Å²) in [5.74, 6) is 0.101. The number of carbonyl (C=O) groups is 1. The van der Waals surface area contributed by atoms with Crippen LogP contribution in [0.4, 0.5) is 0 Å². The highest BCUT2D eigenvalue weighted by atomic mass is 35.5. The van der Waals surface area contributed by atoms with Crippen molar-refractivity contribution in [3.8, 4) is 22.4 Å². The smallest absolute Gasteiger partial charge is 0.329 e. The molecule has 1 aliphatic carbocycles. The van der Waals surface area contributed by atoms with Crippen LogP contribution in [0.2, 0.25) is 5.02 Å². The van der Waals surface area contributed by atoms with Crippen molar-refractivity contribution in [1.29, 1.82) is 0 Å². The molecule has 5 nitrogen and oxygen atoms in total. The van der Waals surface area contributed by atoms with Gasteiger partial charge in [-0.1, -0.05) is 54.1 Å². The third-order valence-electron chi connectivity index (χ3n) is 6.34. The van der Waals surface area contributed by atoms with Crippen LogP contribution >= 0.6 is 11.6 Å². The molecule has 6 heteroatoms. The van der Waals surface area contributed by atoms with Crippen molar-refractivity contribution in [1.82, 2.24) is 9.78 Å². The van der Waals surface area contributed by atoms with Crippen molar-refractivity contribution in [2.75, 3.05) is 13.2 Å². The first-order valence-corrected chi connectivity index (χ1v) is 11.6. The minimum Gasteiger partial charge on any atom is -0.480 e. The van der Waals surface area contributed by atoms with E-state index in [0.717, 1.165) is 60.3 Å². The van der Waals surface area contributed by atoms with Gasteiger partial charge in [-0.25, -0.2) is 4.79 Å². The summed E-state index contributed by atoms with van der Waals surface area (Å²) in [6, 6.07) is 18.3. The minimum atomic E-state index is -0.905. The van der Waals surface area contributed by atoms with Crippen molar-refractivity contribution in [3.05, 3.63) is 65.3 Å². The molecular weight excluding hydrogens is 424 g/mol. The lowest BCUT2D eigenvalue weighted by Crippen LogP contribution is -2.23. The Morgan fingerprint density at radius 1 is 1.06 bits per heavy atom. The first-order valence-electron chi connectivity index (χ1n) is 11.2. The monoisotopic (exact) mass is 452 g/mol. The van der Waals surface area contributed by atoms with Crippen LogP contribution in [0.25, 0.3) is 22.4 Å². The molecule has 0 saturated heterocycles. The molecule has 1 heterocycles. The molecule has 0 amide bonds. The topological polar surface area (TPSA) is 64.4 Å². The molecule has 32 heavy (non-hydrogen) atoms. The second-order valence-electron chi connectivity index (χ2n) is 8.66. The predicted octanol–water partition coefficient (Wildman–Crippen LogP) is 6.09. The van der Waals surface area contributed by atoms with E-state index in [0.29, 0.717) is 23.5 Å². The molecule has 2 aromatic carbocycles. The third kappa shape index (κ3) is 5.40. The summed E-state index contributed by atoms with van der Waals surface area (Å²) in [6.45, 7) is 3.36. The van der Waals surface area contributed by atoms with Gasteiger partial charge in [0.25, 0.3) is 0 Å². The highest BCUT2D eigenvalue weighted by Crippen LogP contribution is 2.37. The summed E-state index contributed by atoms with van der Waals surface area (Å²) in [7, 11) is 0. The van der Waals surface area contributed by atoms with Gasteiger partial charge in [-0.05, 0) is 62.1 Å². The molecule has 1 saturated carbocycles. The van der Waals surface area contributed by atoms with Crippen molar-refractivity contribution in [3.63, 3.8) is 0 Å². The van der Waals surface area contributed by atoms with Gasteiger partial charge in [0.2, 0.25) is 0 Å². The van der Waals surface area contributed by atoms with E-state index in [4.69, 9.17) is 26.5 Å². The number of aliphatic carboxylic acids is 1. The largest absolute Gasteiger partial charge is 0.480 e. The average Bonchev–Trinajstić information content (AvgIpc) is 3.11. The van der Waals surface area contributed by atoms with Gasteiger partial charge in [-0.15, -0.1) is 0 Å². The maximum Gasteiger partial charge on any atom is 0.329 e. The Morgan fingerprint density at radius 2 is 1.75 bits per heavy atom. The van der Waals surface area contributed by atoms with Crippen molar-refractivity contribution < 1.29 is 14.6 Å². The number of hydrogen-bond acceptors (Lipinski definition) is 3. The number of benzene rings is 2. The zero-order valence-corrected chi connectivity index (χ0v) is 19.1. The number of ether oxygens (including phenoxy) is 1. The van der Waals surface area contributed by atoms with Gasteiger partial charge in [0, 0.05) is 28.4 Å². The van der Waals surface area contributed by atoms with Crippen molar-refractivity contribution >= 4 is 17.6 Å². The molecule has 1 aromatic heterocycles. The Bertz CT molecular complexity index is 1060. The lowest BCUT2D eigenvalue weighted by atomic mass is 9.82. The fourth-order valence-electron chi connectivity index (χ4n) is 4.65. The first kappa shape index (κ1) is 22.6. The highest BCUT2D eigenvalue weighted by molar-refractivity contribution is 6.30. The maximum atomic E-state index is 10.6. The van der Waals surface area contributed by atoms with E-state index in [1.807, 2.05) is 24.3 Å². The second-order valence-corrected chi connectivity index (χ2v) is 9.10. The van der Waals surface area contributed by atoms with E-state index in [-0.39, 0.29) is 6.61 Å². The van der Waals surface area contributed by atoms with Gasteiger partial charge in [-0.2, -0.15) is 5.10 Å². The zero-order chi connectivity index (χ0) is 22.5. The summed E-state index contributed by atoms with van der Waals surface area (Å²) >= 11 is 6.29. The lowest BCUT2D eigenvalue weighted by Gasteiger charge is -2.28. The number of rotatable bonds is 8. The molecule has 0 aliphatic heterocycles. The second kappa shape index (κ2) is 10.3. The molecule has 1 N–H and O–H groups in total. The summed E-state index contributed by atoms with van der Waals surface area (Å²) in [6.07, 6.45) is 4.34. The van der Waals surface area contributed by atoms with E-state index in [2.05, 4.69) is 41.9 Å². The molecule has 1 aliphatic rings. The van der Waals surface area contributed by atoms with Crippen LogP contribution in [0.5, 0.6) is 0 Å². The Balaban J connectivity index is 1.52. The van der Waals surface area contributed by atoms with Gasteiger partial charge in [-0.3, -0.25) is 4.68 Å². The normalized spacial score (nSPS) is 18.6.